The summed E-state index contributed by atoms with van der Waals surface area (Å²) in [5.41, 5.74) is 4.01. The van der Waals surface area contributed by atoms with Gasteiger partial charge in [0.2, 0.25) is 0 Å². The number of aryl methyl sites for hydroxylation is 2. The van der Waals surface area contributed by atoms with Gasteiger partial charge in [0.25, 0.3) is 0 Å². The molecule has 0 radical (unpaired) electrons. The normalized spacial score (nSPS) is 12.2. The molecule has 0 aromatic heterocycles. The molecule has 0 bridgehead atoms. The first-order valence-electron chi connectivity index (χ1n) is 6.72. The number of nitrogens with one attached hydrogen (secondary N) is 1. The summed E-state index contributed by atoms with van der Waals surface area (Å²) in [5, 5.41) is 3.59. The monoisotopic (exact) mass is 365 g/mol. The summed E-state index contributed by atoms with van der Waals surface area (Å²) in [6.07, 6.45) is 2.27. The zero-order chi connectivity index (χ0) is 13.7. The van der Waals surface area contributed by atoms with Crippen LogP contribution in [0.4, 0.5) is 5.69 Å². The smallest absolute Gasteiger partial charge is 0.0477 e. The molecule has 100 valence electrons. The second-order valence-corrected chi connectivity index (χ2v) is 6.22. The van der Waals surface area contributed by atoms with Crippen molar-refractivity contribution in [3.63, 3.8) is 0 Å². The van der Waals surface area contributed by atoms with E-state index in [1.165, 1.54) is 20.4 Å². The number of halogens is 1. The van der Waals surface area contributed by atoms with Gasteiger partial charge in [-0.05, 0) is 67.0 Å². The van der Waals surface area contributed by atoms with E-state index in [9.17, 15) is 0 Å². The number of rotatable bonds is 5. The molecule has 0 fully saturated rings. The molecule has 2 rings (SSSR count). The van der Waals surface area contributed by atoms with Gasteiger partial charge in [-0.15, -0.1) is 0 Å². The van der Waals surface area contributed by atoms with Crippen molar-refractivity contribution in [3.05, 3.63) is 63.2 Å². The van der Waals surface area contributed by atoms with E-state index in [2.05, 4.69) is 90.3 Å². The van der Waals surface area contributed by atoms with Crippen molar-refractivity contribution >= 4 is 28.3 Å². The Bertz CT molecular complexity index is 536. The molecule has 0 aliphatic carbocycles. The molecule has 19 heavy (non-hydrogen) atoms. The molecule has 1 unspecified atom stereocenters. The van der Waals surface area contributed by atoms with Crippen LogP contribution < -0.4 is 5.32 Å². The number of hydrogen-bond acceptors (Lipinski definition) is 1. The second-order valence-electron chi connectivity index (χ2n) is 5.05. The van der Waals surface area contributed by atoms with Crippen LogP contribution in [0.25, 0.3) is 0 Å². The predicted octanol–water partition coefficient (Wildman–Crippen LogP) is 5.03. The van der Waals surface area contributed by atoms with Crippen LogP contribution in [0.1, 0.15) is 24.5 Å². The van der Waals surface area contributed by atoms with Crippen LogP contribution in [0.15, 0.2) is 48.5 Å². The molecule has 2 aromatic carbocycles. The van der Waals surface area contributed by atoms with E-state index < -0.39 is 0 Å². The van der Waals surface area contributed by atoms with Gasteiger partial charge < -0.3 is 5.32 Å². The topological polar surface area (TPSA) is 12.0 Å². The zero-order valence-electron chi connectivity index (χ0n) is 11.5. The third kappa shape index (κ3) is 4.53. The van der Waals surface area contributed by atoms with Crippen molar-refractivity contribution in [2.75, 3.05) is 5.32 Å². The van der Waals surface area contributed by atoms with Crippen LogP contribution >= 0.6 is 22.6 Å². The molecule has 1 nitrogen and oxygen atoms in total. The fraction of sp³-hybridized carbons (Fsp3) is 0.294. The molecule has 0 aliphatic heterocycles. The molecule has 0 saturated carbocycles. The average Bonchev–Trinajstić information content (AvgIpc) is 2.39. The molecule has 1 atom stereocenters. The van der Waals surface area contributed by atoms with Gasteiger partial charge in [0.15, 0.2) is 0 Å². The Labute approximate surface area is 129 Å². The largest absolute Gasteiger partial charge is 0.382 e. The Morgan fingerprint density at radius 3 is 2.63 bits per heavy atom. The molecule has 1 N–H and O–H groups in total. The Morgan fingerprint density at radius 1 is 1.11 bits per heavy atom. The third-order valence-corrected chi connectivity index (χ3v) is 4.16. The van der Waals surface area contributed by atoms with Gasteiger partial charge in [-0.3, -0.25) is 0 Å². The highest BCUT2D eigenvalue weighted by Gasteiger charge is 2.05. The molecule has 0 heterocycles. The van der Waals surface area contributed by atoms with Crippen LogP contribution in [0, 0.1) is 10.5 Å². The lowest BCUT2D eigenvalue weighted by molar-refractivity contribution is 0.705. The second kappa shape index (κ2) is 6.94. The molecule has 0 aliphatic rings. The first-order valence-corrected chi connectivity index (χ1v) is 7.79. The SMILES string of the molecule is Cc1cccc(CCC(C)Nc2ccccc2I)c1. The van der Waals surface area contributed by atoms with E-state index in [4.69, 9.17) is 0 Å². The lowest BCUT2D eigenvalue weighted by Gasteiger charge is -2.16. The molecular weight excluding hydrogens is 345 g/mol. The maximum atomic E-state index is 3.59. The lowest BCUT2D eigenvalue weighted by Crippen LogP contribution is -2.16. The van der Waals surface area contributed by atoms with Crippen LogP contribution in [0.3, 0.4) is 0 Å². The van der Waals surface area contributed by atoms with E-state index in [-0.39, 0.29) is 0 Å². The summed E-state index contributed by atoms with van der Waals surface area (Å²) in [7, 11) is 0. The minimum absolute atomic E-state index is 0.483. The van der Waals surface area contributed by atoms with E-state index in [0.29, 0.717) is 6.04 Å². The lowest BCUT2D eigenvalue weighted by atomic mass is 10.0. The Morgan fingerprint density at radius 2 is 1.89 bits per heavy atom. The van der Waals surface area contributed by atoms with Gasteiger partial charge in [0.1, 0.15) is 0 Å². The first kappa shape index (κ1) is 14.4. The quantitative estimate of drug-likeness (QED) is 0.733. The van der Waals surface area contributed by atoms with Gasteiger partial charge >= 0.3 is 0 Å². The molecule has 0 spiro atoms. The number of para-hydroxylation sites is 1. The van der Waals surface area contributed by atoms with Crippen molar-refractivity contribution in [2.24, 2.45) is 0 Å². The number of anilines is 1. The Balaban J connectivity index is 1.88. The fourth-order valence-corrected chi connectivity index (χ4v) is 2.71. The van der Waals surface area contributed by atoms with Crippen LogP contribution in [-0.2, 0) is 6.42 Å². The van der Waals surface area contributed by atoms with E-state index in [1.54, 1.807) is 0 Å². The highest BCUT2D eigenvalue weighted by atomic mass is 127. The summed E-state index contributed by atoms with van der Waals surface area (Å²) in [6, 6.07) is 17.7. The average molecular weight is 365 g/mol. The molecule has 2 aromatic rings. The fourth-order valence-electron chi connectivity index (χ4n) is 2.17. The van der Waals surface area contributed by atoms with Gasteiger partial charge in [0.05, 0.1) is 0 Å². The van der Waals surface area contributed by atoms with Gasteiger partial charge in [-0.2, -0.15) is 0 Å². The minimum atomic E-state index is 0.483. The Kier molecular flexibility index (Phi) is 5.25. The molecule has 2 heteroatoms. The van der Waals surface area contributed by atoms with Gasteiger partial charge in [-0.25, -0.2) is 0 Å². The molecule has 0 amide bonds. The van der Waals surface area contributed by atoms with Crippen LogP contribution in [0.5, 0.6) is 0 Å². The standard InChI is InChI=1S/C17H20IN/c1-13-6-5-7-15(12-13)11-10-14(2)19-17-9-4-3-8-16(17)18/h3-9,12,14,19H,10-11H2,1-2H3. The minimum Gasteiger partial charge on any atom is -0.382 e. The highest BCUT2D eigenvalue weighted by Crippen LogP contribution is 2.19. The van der Waals surface area contributed by atoms with Crippen molar-refractivity contribution in [3.8, 4) is 0 Å². The number of benzene rings is 2. The van der Waals surface area contributed by atoms with E-state index >= 15 is 0 Å². The third-order valence-electron chi connectivity index (χ3n) is 3.22. The van der Waals surface area contributed by atoms with Gasteiger partial charge in [-0.1, -0.05) is 42.0 Å². The zero-order valence-corrected chi connectivity index (χ0v) is 13.6. The van der Waals surface area contributed by atoms with Crippen LogP contribution in [-0.4, -0.2) is 6.04 Å². The summed E-state index contributed by atoms with van der Waals surface area (Å²) < 4.78 is 1.28. The summed E-state index contributed by atoms with van der Waals surface area (Å²) in [5.74, 6) is 0. The van der Waals surface area contributed by atoms with Crippen molar-refractivity contribution in [1.29, 1.82) is 0 Å². The summed E-state index contributed by atoms with van der Waals surface area (Å²) in [4.78, 5) is 0. The maximum Gasteiger partial charge on any atom is 0.0477 e. The van der Waals surface area contributed by atoms with Crippen molar-refractivity contribution in [1.82, 2.24) is 0 Å². The van der Waals surface area contributed by atoms with E-state index in [0.717, 1.165) is 12.8 Å². The maximum absolute atomic E-state index is 3.59. The predicted molar refractivity (Wildman–Crippen MR) is 91.7 cm³/mol. The van der Waals surface area contributed by atoms with Crippen LogP contribution in [0.2, 0.25) is 0 Å². The molecular formula is C17H20IN. The van der Waals surface area contributed by atoms with Gasteiger partial charge in [0, 0.05) is 15.3 Å². The number of hydrogen-bond donors (Lipinski definition) is 1. The summed E-state index contributed by atoms with van der Waals surface area (Å²) >= 11 is 2.38. The summed E-state index contributed by atoms with van der Waals surface area (Å²) in [6.45, 7) is 4.40. The van der Waals surface area contributed by atoms with Crippen molar-refractivity contribution in [2.45, 2.75) is 32.7 Å². The van der Waals surface area contributed by atoms with Crippen molar-refractivity contribution < 1.29 is 0 Å². The molecule has 0 saturated heterocycles. The first-order chi connectivity index (χ1) is 9.15. The van der Waals surface area contributed by atoms with E-state index in [1.807, 2.05) is 0 Å². The Hall–Kier alpha value is -1.03. The highest BCUT2D eigenvalue weighted by molar-refractivity contribution is 14.1.